The molecule has 2 bridgehead atoms. The number of hydrogen-bond acceptors (Lipinski definition) is 5. The minimum atomic E-state index is -1.66. The third-order valence-electron chi connectivity index (χ3n) is 5.96. The highest BCUT2D eigenvalue weighted by Crippen LogP contribution is 2.60. The van der Waals surface area contributed by atoms with Crippen LogP contribution in [0.1, 0.15) is 28.7 Å². The molecule has 0 aromatic heterocycles. The van der Waals surface area contributed by atoms with Gasteiger partial charge >= 0.3 is 5.97 Å². The van der Waals surface area contributed by atoms with Gasteiger partial charge in [-0.3, -0.25) is 4.79 Å². The normalized spacial score (nSPS) is 26.5. The summed E-state index contributed by atoms with van der Waals surface area (Å²) in [6, 6.07) is 17.7. The minimum Gasteiger partial charge on any atom is -0.508 e. The van der Waals surface area contributed by atoms with Crippen LogP contribution < -0.4 is 4.74 Å². The number of aromatic hydroxyl groups is 1. The van der Waals surface area contributed by atoms with E-state index in [4.69, 9.17) is 16.3 Å². The molecule has 29 heavy (non-hydrogen) atoms. The molecular weight excluding hydrogens is 392 g/mol. The van der Waals surface area contributed by atoms with E-state index in [1.165, 1.54) is 24.3 Å². The van der Waals surface area contributed by atoms with Crippen molar-refractivity contribution in [3.8, 4) is 11.5 Å². The molecule has 0 saturated carbocycles. The van der Waals surface area contributed by atoms with E-state index >= 15 is 0 Å². The Kier molecular flexibility index (Phi) is 3.80. The smallest absolute Gasteiger partial charge is 0.318 e. The molecule has 3 aromatic rings. The van der Waals surface area contributed by atoms with Gasteiger partial charge in [0.2, 0.25) is 0 Å². The molecule has 0 spiro atoms. The molecule has 0 amide bonds. The van der Waals surface area contributed by atoms with Crippen molar-refractivity contribution in [2.75, 3.05) is 0 Å². The van der Waals surface area contributed by atoms with Crippen molar-refractivity contribution >= 4 is 17.6 Å². The first kappa shape index (κ1) is 18.2. The average Bonchev–Trinajstić information content (AvgIpc) is 2.71. The van der Waals surface area contributed by atoms with Crippen LogP contribution in [0.2, 0.25) is 5.02 Å². The van der Waals surface area contributed by atoms with Crippen LogP contribution in [0.15, 0.2) is 66.7 Å². The Morgan fingerprint density at radius 3 is 2.31 bits per heavy atom. The Morgan fingerprint density at radius 2 is 1.59 bits per heavy atom. The highest BCUT2D eigenvalue weighted by atomic mass is 35.5. The number of halogens is 1. The molecule has 3 unspecified atom stereocenters. The van der Waals surface area contributed by atoms with Gasteiger partial charge in [-0.05, 0) is 58.7 Å². The lowest BCUT2D eigenvalue weighted by Gasteiger charge is -2.53. The van der Waals surface area contributed by atoms with E-state index in [0.717, 1.165) is 0 Å². The fourth-order valence-corrected chi connectivity index (χ4v) is 4.82. The maximum absolute atomic E-state index is 13.1. The minimum absolute atomic E-state index is 0.0369. The summed E-state index contributed by atoms with van der Waals surface area (Å²) in [5, 5.41) is 33.4. The molecule has 3 aromatic carbocycles. The van der Waals surface area contributed by atoms with Gasteiger partial charge in [-0.25, -0.2) is 0 Å². The molecule has 3 aliphatic carbocycles. The molecule has 0 aliphatic heterocycles. The summed E-state index contributed by atoms with van der Waals surface area (Å²) in [5.74, 6) is -1.39. The predicted octanol–water partition coefficient (Wildman–Crippen LogP) is 3.46. The van der Waals surface area contributed by atoms with Crippen LogP contribution >= 0.6 is 11.6 Å². The number of ether oxygens (including phenoxy) is 1. The number of rotatable bonds is 2. The lowest BCUT2D eigenvalue weighted by Crippen LogP contribution is -2.57. The molecule has 0 saturated heterocycles. The van der Waals surface area contributed by atoms with Crippen molar-refractivity contribution in [2.24, 2.45) is 5.92 Å². The zero-order valence-corrected chi connectivity index (χ0v) is 15.9. The molecule has 6 rings (SSSR count). The highest BCUT2D eigenvalue weighted by molar-refractivity contribution is 6.30. The first-order valence-electron chi connectivity index (χ1n) is 9.20. The average molecular weight is 409 g/mol. The quantitative estimate of drug-likeness (QED) is 0.446. The summed E-state index contributed by atoms with van der Waals surface area (Å²) in [4.78, 5) is 13.1. The third-order valence-corrected chi connectivity index (χ3v) is 6.20. The van der Waals surface area contributed by atoms with Crippen molar-refractivity contribution in [3.05, 3.63) is 94.0 Å². The molecule has 6 heteroatoms. The molecule has 0 heterocycles. The fourth-order valence-electron chi connectivity index (χ4n) is 4.65. The van der Waals surface area contributed by atoms with Crippen LogP contribution in [0.3, 0.4) is 0 Å². The summed E-state index contributed by atoms with van der Waals surface area (Å²) >= 11 is 6.16. The van der Waals surface area contributed by atoms with Crippen LogP contribution in [-0.2, 0) is 16.0 Å². The Morgan fingerprint density at radius 1 is 0.931 bits per heavy atom. The number of benzene rings is 3. The standard InChI is InChI=1S/C23H17ClO5/c24-13-5-10-18-19(11-13)22(27)12-20(21(26)29-15-8-6-14(25)7-9-15)23(18,28)17-4-2-1-3-16(17)22/h1-11,20,25,27-28H,12H2. The Hall–Kier alpha value is -2.86. The maximum atomic E-state index is 13.1. The number of phenols is 1. The van der Waals surface area contributed by atoms with Gasteiger partial charge in [0.05, 0.1) is 5.92 Å². The van der Waals surface area contributed by atoms with Gasteiger partial charge in [-0.2, -0.15) is 0 Å². The fraction of sp³-hybridized carbons (Fsp3) is 0.174. The zero-order valence-electron chi connectivity index (χ0n) is 15.2. The predicted molar refractivity (Wildman–Crippen MR) is 106 cm³/mol. The molecule has 3 atom stereocenters. The summed E-state index contributed by atoms with van der Waals surface area (Å²) < 4.78 is 5.48. The van der Waals surface area contributed by atoms with Crippen LogP contribution in [-0.4, -0.2) is 21.3 Å². The van der Waals surface area contributed by atoms with Gasteiger partial charge in [0, 0.05) is 11.4 Å². The number of carbonyl (C=O) groups is 1. The largest absolute Gasteiger partial charge is 0.508 e. The van der Waals surface area contributed by atoms with E-state index in [1.54, 1.807) is 42.5 Å². The summed E-state index contributed by atoms with van der Waals surface area (Å²) in [7, 11) is 0. The Bertz CT molecular complexity index is 1140. The van der Waals surface area contributed by atoms with Crippen molar-refractivity contribution in [2.45, 2.75) is 17.6 Å². The number of phenolic OH excluding ortho intramolecular Hbond substituents is 1. The second kappa shape index (κ2) is 6.07. The highest BCUT2D eigenvalue weighted by Gasteiger charge is 2.62. The number of esters is 1. The maximum Gasteiger partial charge on any atom is 0.318 e. The van der Waals surface area contributed by atoms with E-state index in [2.05, 4.69) is 0 Å². The van der Waals surface area contributed by atoms with Gasteiger partial charge in [0.25, 0.3) is 0 Å². The monoisotopic (exact) mass is 408 g/mol. The summed E-state index contributed by atoms with van der Waals surface area (Å²) in [5.41, 5.74) is -1.14. The molecular formula is C23H17ClO5. The van der Waals surface area contributed by atoms with Crippen molar-refractivity contribution in [1.82, 2.24) is 0 Å². The van der Waals surface area contributed by atoms with Gasteiger partial charge in [0.1, 0.15) is 22.7 Å². The van der Waals surface area contributed by atoms with E-state index in [0.29, 0.717) is 27.3 Å². The number of aliphatic hydroxyl groups is 2. The molecule has 3 N–H and O–H groups in total. The second-order valence-electron chi connectivity index (χ2n) is 7.53. The van der Waals surface area contributed by atoms with Crippen LogP contribution in [0.25, 0.3) is 0 Å². The summed E-state index contributed by atoms with van der Waals surface area (Å²) in [6.45, 7) is 0. The molecule has 0 fully saturated rings. The van der Waals surface area contributed by atoms with Gasteiger partial charge in [0.15, 0.2) is 0 Å². The van der Waals surface area contributed by atoms with E-state index < -0.39 is 23.1 Å². The molecule has 3 aliphatic rings. The van der Waals surface area contributed by atoms with E-state index in [9.17, 15) is 20.1 Å². The van der Waals surface area contributed by atoms with Gasteiger partial charge in [-0.15, -0.1) is 0 Å². The Labute approximate surface area is 171 Å². The van der Waals surface area contributed by atoms with Gasteiger partial charge < -0.3 is 20.1 Å². The summed E-state index contributed by atoms with van der Waals surface area (Å²) in [6.07, 6.45) is -0.0369. The van der Waals surface area contributed by atoms with Crippen molar-refractivity contribution in [3.63, 3.8) is 0 Å². The van der Waals surface area contributed by atoms with Gasteiger partial charge in [-0.1, -0.05) is 41.9 Å². The van der Waals surface area contributed by atoms with Crippen molar-refractivity contribution < 1.29 is 24.9 Å². The number of fused-ring (bicyclic) bond motifs is 1. The molecule has 5 nitrogen and oxygen atoms in total. The van der Waals surface area contributed by atoms with E-state index in [-0.39, 0.29) is 17.9 Å². The van der Waals surface area contributed by atoms with Crippen LogP contribution in [0.5, 0.6) is 11.5 Å². The van der Waals surface area contributed by atoms with Crippen molar-refractivity contribution in [1.29, 1.82) is 0 Å². The van der Waals surface area contributed by atoms with E-state index in [1.807, 2.05) is 0 Å². The van der Waals surface area contributed by atoms with Crippen LogP contribution in [0, 0.1) is 5.92 Å². The number of carbonyl (C=O) groups excluding carboxylic acids is 1. The second-order valence-corrected chi connectivity index (χ2v) is 7.97. The Balaban J connectivity index is 1.65. The zero-order chi connectivity index (χ0) is 20.4. The molecule has 146 valence electrons. The first-order valence-corrected chi connectivity index (χ1v) is 9.58. The lowest BCUT2D eigenvalue weighted by atomic mass is 9.54. The lowest BCUT2D eigenvalue weighted by molar-refractivity contribution is -0.157. The first-order chi connectivity index (χ1) is 13.8. The third kappa shape index (κ3) is 2.45. The topological polar surface area (TPSA) is 87.0 Å². The molecule has 0 radical (unpaired) electrons. The SMILES string of the molecule is O=C(Oc1ccc(O)cc1)C1CC2(O)c3ccccc3C1(O)c1ccc(Cl)cc12. The van der Waals surface area contributed by atoms with Crippen LogP contribution in [0.4, 0.5) is 0 Å². The number of hydrogen-bond donors (Lipinski definition) is 3.